The molecule has 1 aliphatic carbocycles. The summed E-state index contributed by atoms with van der Waals surface area (Å²) in [5.74, 6) is 0.416. The SMILES string of the molecule is CCOc1ccc(C2C(C#N)=C(N)N(c3nnc(SCc4cccc(C(F)(F)F)c4)s3)C3=C2C(=O)CC(C)(C)C3)cc1. The molecule has 2 N–H and O–H groups in total. The summed E-state index contributed by atoms with van der Waals surface area (Å²) in [4.78, 5) is 15.4. The summed E-state index contributed by atoms with van der Waals surface area (Å²) in [5.41, 5.74) is 8.30. The van der Waals surface area contributed by atoms with Crippen LogP contribution in [0.2, 0.25) is 0 Å². The minimum absolute atomic E-state index is 0.0611. The molecule has 3 aromatic rings. The fraction of sp³-hybridized carbons (Fsp3) is 0.333. The van der Waals surface area contributed by atoms with Crippen LogP contribution in [-0.2, 0) is 16.7 Å². The van der Waals surface area contributed by atoms with Gasteiger partial charge in [-0.2, -0.15) is 18.4 Å². The van der Waals surface area contributed by atoms with E-state index in [-0.39, 0.29) is 28.3 Å². The number of thioether (sulfide) groups is 1. The third kappa shape index (κ3) is 5.89. The third-order valence-electron chi connectivity index (χ3n) is 7.11. The number of aromatic nitrogens is 2. The lowest BCUT2D eigenvalue weighted by molar-refractivity contribution is -0.137. The zero-order valence-corrected chi connectivity index (χ0v) is 24.8. The van der Waals surface area contributed by atoms with E-state index in [0.717, 1.165) is 17.7 Å². The van der Waals surface area contributed by atoms with Crippen LogP contribution in [0.3, 0.4) is 0 Å². The quantitative estimate of drug-likeness (QED) is 0.280. The Labute approximate surface area is 249 Å². The first-order chi connectivity index (χ1) is 19.9. The third-order valence-corrected chi connectivity index (χ3v) is 9.22. The van der Waals surface area contributed by atoms with Gasteiger partial charge in [0.25, 0.3) is 0 Å². The number of alkyl halides is 3. The molecule has 2 aliphatic rings. The molecule has 12 heteroatoms. The van der Waals surface area contributed by atoms with Crippen LogP contribution in [-0.4, -0.2) is 22.6 Å². The summed E-state index contributed by atoms with van der Waals surface area (Å²) >= 11 is 2.46. The van der Waals surface area contributed by atoms with Crippen molar-refractivity contribution in [3.05, 3.63) is 87.9 Å². The van der Waals surface area contributed by atoms with Gasteiger partial charge in [-0.05, 0) is 48.1 Å². The summed E-state index contributed by atoms with van der Waals surface area (Å²) in [5, 5.41) is 19.2. The van der Waals surface area contributed by atoms with Gasteiger partial charge in [0.05, 0.1) is 29.7 Å². The number of carbonyl (C=O) groups is 1. The lowest BCUT2D eigenvalue weighted by Crippen LogP contribution is -2.42. The van der Waals surface area contributed by atoms with Crippen LogP contribution < -0.4 is 15.4 Å². The predicted octanol–water partition coefficient (Wildman–Crippen LogP) is 7.19. The van der Waals surface area contributed by atoms with Gasteiger partial charge in [-0.1, -0.05) is 67.3 Å². The monoisotopic (exact) mass is 611 g/mol. The first-order valence-electron chi connectivity index (χ1n) is 13.2. The first kappa shape index (κ1) is 29.7. The lowest BCUT2D eigenvalue weighted by atomic mass is 9.68. The Balaban J connectivity index is 1.51. The summed E-state index contributed by atoms with van der Waals surface area (Å²) in [6.07, 6.45) is -3.58. The molecule has 218 valence electrons. The minimum Gasteiger partial charge on any atom is -0.494 e. The van der Waals surface area contributed by atoms with Crippen LogP contribution in [0.15, 0.2) is 75.5 Å². The Hall–Kier alpha value is -3.82. The van der Waals surface area contributed by atoms with Crippen molar-refractivity contribution >= 4 is 34.0 Å². The van der Waals surface area contributed by atoms with Crippen LogP contribution in [0.4, 0.5) is 18.3 Å². The fourth-order valence-corrected chi connectivity index (χ4v) is 7.14. The molecule has 2 heterocycles. The molecule has 5 rings (SSSR count). The van der Waals surface area contributed by atoms with Gasteiger partial charge in [0.15, 0.2) is 10.1 Å². The summed E-state index contributed by atoms with van der Waals surface area (Å²) in [7, 11) is 0. The number of carbonyl (C=O) groups excluding carboxylic acids is 1. The molecule has 0 spiro atoms. The highest BCUT2D eigenvalue weighted by molar-refractivity contribution is 8.00. The molecular formula is C30H28F3N5O2S2. The molecule has 7 nitrogen and oxygen atoms in total. The number of ketones is 1. The average Bonchev–Trinajstić information content (AvgIpc) is 3.39. The van der Waals surface area contributed by atoms with Crippen molar-refractivity contribution in [3.8, 4) is 11.8 Å². The van der Waals surface area contributed by atoms with Gasteiger partial charge in [-0.25, -0.2) is 0 Å². The van der Waals surface area contributed by atoms with E-state index in [9.17, 15) is 23.2 Å². The molecule has 0 saturated heterocycles. The maximum absolute atomic E-state index is 13.7. The number of anilines is 1. The molecule has 1 atom stereocenters. The van der Waals surface area contributed by atoms with E-state index in [1.54, 1.807) is 11.0 Å². The second kappa shape index (κ2) is 11.5. The maximum Gasteiger partial charge on any atom is 0.416 e. The summed E-state index contributed by atoms with van der Waals surface area (Å²) < 4.78 is 45.5. The smallest absolute Gasteiger partial charge is 0.416 e. The maximum atomic E-state index is 13.7. The highest BCUT2D eigenvalue weighted by atomic mass is 32.2. The minimum atomic E-state index is -4.42. The molecule has 1 unspecified atom stereocenters. The number of Topliss-reactive ketones (excluding diaryl/α,β-unsaturated/α-hetero) is 1. The number of rotatable bonds is 7. The number of nitrogens with zero attached hydrogens (tertiary/aromatic N) is 4. The number of benzene rings is 2. The van der Waals surface area contributed by atoms with E-state index in [4.69, 9.17) is 10.5 Å². The molecule has 0 saturated carbocycles. The van der Waals surface area contributed by atoms with Gasteiger partial charge < -0.3 is 10.5 Å². The molecule has 0 amide bonds. The van der Waals surface area contributed by atoms with Gasteiger partial charge in [-0.15, -0.1) is 10.2 Å². The van der Waals surface area contributed by atoms with Crippen molar-refractivity contribution in [1.29, 1.82) is 5.26 Å². The average molecular weight is 612 g/mol. The van der Waals surface area contributed by atoms with Crippen molar-refractivity contribution in [1.82, 2.24) is 10.2 Å². The molecule has 42 heavy (non-hydrogen) atoms. The Morgan fingerprint density at radius 1 is 1.19 bits per heavy atom. The van der Waals surface area contributed by atoms with E-state index in [2.05, 4.69) is 16.3 Å². The predicted molar refractivity (Wildman–Crippen MR) is 156 cm³/mol. The Morgan fingerprint density at radius 3 is 2.60 bits per heavy atom. The Bertz CT molecular complexity index is 1620. The van der Waals surface area contributed by atoms with Crippen LogP contribution >= 0.6 is 23.1 Å². The Kier molecular flexibility index (Phi) is 8.09. The number of ether oxygens (including phenoxy) is 1. The van der Waals surface area contributed by atoms with Crippen molar-refractivity contribution in [2.45, 2.75) is 55.8 Å². The normalized spacial score (nSPS) is 18.6. The molecule has 0 fully saturated rings. The zero-order chi connectivity index (χ0) is 30.2. The highest BCUT2D eigenvalue weighted by Gasteiger charge is 2.45. The van der Waals surface area contributed by atoms with E-state index >= 15 is 0 Å². The number of hydrogen-bond acceptors (Lipinski definition) is 9. The van der Waals surface area contributed by atoms with Crippen molar-refractivity contribution in [2.24, 2.45) is 11.1 Å². The standard InChI is InChI=1S/C30H28F3N5O2S2/c1-4-40-20-10-8-18(9-11-20)24-21(15-34)26(35)38(22-13-29(2,3)14-23(39)25(22)24)27-36-37-28(42-27)41-16-17-6-5-7-19(12-17)30(31,32)33/h5-12,24H,4,13-14,16,35H2,1-3H3. The highest BCUT2D eigenvalue weighted by Crippen LogP contribution is 2.51. The van der Waals surface area contributed by atoms with E-state index in [1.807, 2.05) is 45.0 Å². The van der Waals surface area contributed by atoms with Crippen LogP contribution in [0.25, 0.3) is 0 Å². The van der Waals surface area contributed by atoms with Gasteiger partial charge >= 0.3 is 6.18 Å². The van der Waals surface area contributed by atoms with Crippen LogP contribution in [0.5, 0.6) is 5.75 Å². The van der Waals surface area contributed by atoms with Crippen molar-refractivity contribution in [2.75, 3.05) is 11.5 Å². The molecule has 1 aliphatic heterocycles. The summed E-state index contributed by atoms with van der Waals surface area (Å²) in [6.45, 7) is 6.42. The summed E-state index contributed by atoms with van der Waals surface area (Å²) in [6, 6.07) is 14.7. The largest absolute Gasteiger partial charge is 0.494 e. The topological polar surface area (TPSA) is 105 Å². The van der Waals surface area contributed by atoms with E-state index in [0.29, 0.717) is 51.5 Å². The first-order valence-corrected chi connectivity index (χ1v) is 15.0. The Morgan fingerprint density at radius 2 is 1.93 bits per heavy atom. The lowest BCUT2D eigenvalue weighted by Gasteiger charge is -2.42. The molecule has 0 radical (unpaired) electrons. The van der Waals surface area contributed by atoms with Gasteiger partial charge in [0.2, 0.25) is 5.13 Å². The zero-order valence-electron chi connectivity index (χ0n) is 23.2. The van der Waals surface area contributed by atoms with Crippen LogP contribution in [0.1, 0.15) is 56.2 Å². The van der Waals surface area contributed by atoms with Gasteiger partial charge in [-0.3, -0.25) is 9.69 Å². The second-order valence-corrected chi connectivity index (χ2v) is 13.0. The second-order valence-electron chi connectivity index (χ2n) is 10.8. The van der Waals surface area contributed by atoms with E-state index in [1.165, 1.54) is 29.2 Å². The molecule has 2 aromatic carbocycles. The van der Waals surface area contributed by atoms with E-state index < -0.39 is 17.7 Å². The molecular weight excluding hydrogens is 583 g/mol. The molecule has 1 aromatic heterocycles. The van der Waals surface area contributed by atoms with Crippen LogP contribution in [0, 0.1) is 16.7 Å². The fourth-order valence-electron chi connectivity index (χ4n) is 5.32. The van der Waals surface area contributed by atoms with Gasteiger partial charge in [0.1, 0.15) is 11.6 Å². The number of halogens is 3. The number of nitriles is 1. The van der Waals surface area contributed by atoms with Crippen molar-refractivity contribution < 1.29 is 22.7 Å². The van der Waals surface area contributed by atoms with Gasteiger partial charge in [0, 0.05) is 23.4 Å². The molecule has 0 bridgehead atoms. The number of allylic oxidation sites excluding steroid dienone is 3. The van der Waals surface area contributed by atoms with Crippen molar-refractivity contribution in [3.63, 3.8) is 0 Å². The number of hydrogen-bond donors (Lipinski definition) is 1. The number of nitrogens with two attached hydrogens (primary N) is 1.